The molecule has 0 spiro atoms. The maximum atomic E-state index is 12.2. The van der Waals surface area contributed by atoms with Crippen LogP contribution in [0.3, 0.4) is 0 Å². The van der Waals surface area contributed by atoms with Crippen LogP contribution in [0.25, 0.3) is 0 Å². The van der Waals surface area contributed by atoms with E-state index in [0.717, 1.165) is 0 Å². The minimum absolute atomic E-state index is 0.371. The zero-order chi connectivity index (χ0) is 14.9. The molecular formula is C13H25NO5. The Hall–Kier alpha value is -1.14. The summed E-state index contributed by atoms with van der Waals surface area (Å²) in [5.41, 5.74) is -1.43. The summed E-state index contributed by atoms with van der Waals surface area (Å²) in [6, 6.07) is 0. The van der Waals surface area contributed by atoms with Gasteiger partial charge in [-0.1, -0.05) is 0 Å². The maximum Gasteiger partial charge on any atom is 0.318 e. The number of hydrogen-bond acceptors (Lipinski definition) is 4. The highest BCUT2D eigenvalue weighted by Gasteiger charge is 2.39. The van der Waals surface area contributed by atoms with E-state index >= 15 is 0 Å². The van der Waals surface area contributed by atoms with Crippen molar-refractivity contribution in [3.63, 3.8) is 0 Å². The molecule has 0 bridgehead atoms. The van der Waals surface area contributed by atoms with Gasteiger partial charge in [-0.05, 0) is 27.7 Å². The molecule has 0 radical (unpaired) electrons. The molecule has 0 unspecified atom stereocenters. The van der Waals surface area contributed by atoms with Gasteiger partial charge < -0.3 is 19.5 Å². The van der Waals surface area contributed by atoms with E-state index in [4.69, 9.17) is 14.6 Å². The Morgan fingerprint density at radius 2 is 1.47 bits per heavy atom. The van der Waals surface area contributed by atoms with Gasteiger partial charge in [0.05, 0.1) is 13.2 Å². The van der Waals surface area contributed by atoms with Gasteiger partial charge >= 0.3 is 5.97 Å². The van der Waals surface area contributed by atoms with E-state index in [9.17, 15) is 9.59 Å². The molecule has 0 heterocycles. The molecule has 0 aliphatic rings. The van der Waals surface area contributed by atoms with Crippen LogP contribution in [0.15, 0.2) is 0 Å². The Morgan fingerprint density at radius 1 is 1.05 bits per heavy atom. The molecule has 0 saturated carbocycles. The number of rotatable bonds is 10. The van der Waals surface area contributed by atoms with Crippen LogP contribution in [0, 0.1) is 5.41 Å². The van der Waals surface area contributed by atoms with Gasteiger partial charge in [0.2, 0.25) is 5.91 Å². The minimum Gasteiger partial charge on any atom is -0.480 e. The second kappa shape index (κ2) is 8.87. The van der Waals surface area contributed by atoms with Crippen LogP contribution in [-0.4, -0.2) is 61.4 Å². The Bertz CT molecular complexity index is 281. The summed E-state index contributed by atoms with van der Waals surface area (Å²) in [6.07, 6.45) is 0. The molecule has 0 aliphatic carbocycles. The van der Waals surface area contributed by atoms with Gasteiger partial charge in [0.15, 0.2) is 0 Å². The average Bonchev–Trinajstić information content (AvgIpc) is 2.36. The summed E-state index contributed by atoms with van der Waals surface area (Å²) in [6.45, 7) is 9.21. The third kappa shape index (κ3) is 6.02. The molecule has 0 rings (SSSR count). The van der Waals surface area contributed by atoms with Crippen molar-refractivity contribution in [1.82, 2.24) is 4.90 Å². The van der Waals surface area contributed by atoms with Gasteiger partial charge in [-0.15, -0.1) is 0 Å². The first kappa shape index (κ1) is 17.9. The predicted octanol–water partition coefficient (Wildman–Crippen LogP) is 0.999. The van der Waals surface area contributed by atoms with Crippen LogP contribution < -0.4 is 0 Å². The molecule has 19 heavy (non-hydrogen) atoms. The maximum absolute atomic E-state index is 12.2. The number of carboxylic acid groups (broad SMARTS) is 1. The van der Waals surface area contributed by atoms with Crippen LogP contribution in [0.5, 0.6) is 0 Å². The summed E-state index contributed by atoms with van der Waals surface area (Å²) in [5.74, 6) is -1.55. The molecule has 0 aromatic heterocycles. The number of hydrogen-bond donors (Lipinski definition) is 1. The molecule has 0 atom stereocenters. The normalized spacial score (nSPS) is 11.4. The molecule has 6 nitrogen and oxygen atoms in total. The Kier molecular flexibility index (Phi) is 8.34. The molecule has 6 heteroatoms. The number of carbonyl (C=O) groups excluding carboxylic acids is 1. The van der Waals surface area contributed by atoms with Gasteiger partial charge in [-0.3, -0.25) is 9.59 Å². The third-order valence-corrected chi connectivity index (χ3v) is 2.78. The summed E-state index contributed by atoms with van der Waals surface area (Å²) in [4.78, 5) is 24.8. The first-order valence-corrected chi connectivity index (χ1v) is 6.56. The lowest BCUT2D eigenvalue weighted by molar-refractivity contribution is -0.159. The molecule has 0 aromatic rings. The molecule has 0 fully saturated rings. The topological polar surface area (TPSA) is 76.1 Å². The van der Waals surface area contributed by atoms with E-state index in [-0.39, 0.29) is 0 Å². The SMILES string of the molecule is CCOCCN(CCOCC)C(=O)C(C)(C)C(=O)O. The number of ether oxygens (including phenoxy) is 2. The standard InChI is InChI=1S/C13H25NO5/c1-5-18-9-7-14(8-10-19-6-2)11(15)13(3,4)12(16)17/h5-10H2,1-4H3,(H,16,17). The number of aliphatic carboxylic acids is 1. The van der Waals surface area contributed by atoms with Crippen molar-refractivity contribution in [3.05, 3.63) is 0 Å². The number of carbonyl (C=O) groups is 2. The van der Waals surface area contributed by atoms with E-state index in [1.807, 2.05) is 13.8 Å². The predicted molar refractivity (Wildman–Crippen MR) is 71.0 cm³/mol. The summed E-state index contributed by atoms with van der Waals surface area (Å²) in [7, 11) is 0. The van der Waals surface area contributed by atoms with Crippen molar-refractivity contribution in [1.29, 1.82) is 0 Å². The highest BCUT2D eigenvalue weighted by molar-refractivity contribution is 6.00. The van der Waals surface area contributed by atoms with Gasteiger partial charge in [-0.2, -0.15) is 0 Å². The third-order valence-electron chi connectivity index (χ3n) is 2.78. The van der Waals surface area contributed by atoms with E-state index < -0.39 is 17.3 Å². The average molecular weight is 275 g/mol. The van der Waals surface area contributed by atoms with Gasteiger partial charge in [0.1, 0.15) is 5.41 Å². The quantitative estimate of drug-likeness (QED) is 0.475. The van der Waals surface area contributed by atoms with Crippen molar-refractivity contribution in [2.45, 2.75) is 27.7 Å². The van der Waals surface area contributed by atoms with E-state index in [1.165, 1.54) is 18.7 Å². The second-order valence-electron chi connectivity index (χ2n) is 4.62. The van der Waals surface area contributed by atoms with E-state index in [2.05, 4.69) is 0 Å². The van der Waals surface area contributed by atoms with Crippen LogP contribution >= 0.6 is 0 Å². The Labute approximate surface area is 114 Å². The van der Waals surface area contributed by atoms with E-state index in [0.29, 0.717) is 39.5 Å². The molecule has 0 saturated heterocycles. The lowest BCUT2D eigenvalue weighted by Gasteiger charge is -2.29. The van der Waals surface area contributed by atoms with E-state index in [1.54, 1.807) is 0 Å². The lowest BCUT2D eigenvalue weighted by Crippen LogP contribution is -2.47. The summed E-state index contributed by atoms with van der Waals surface area (Å²) in [5, 5.41) is 9.09. The Balaban J connectivity index is 4.61. The number of carboxylic acids is 1. The van der Waals surface area contributed by atoms with Crippen LogP contribution in [0.1, 0.15) is 27.7 Å². The van der Waals surface area contributed by atoms with Crippen LogP contribution in [0.2, 0.25) is 0 Å². The fourth-order valence-corrected chi connectivity index (χ4v) is 1.44. The summed E-state index contributed by atoms with van der Waals surface area (Å²) < 4.78 is 10.4. The highest BCUT2D eigenvalue weighted by atomic mass is 16.5. The molecule has 0 aromatic carbocycles. The van der Waals surface area contributed by atoms with Crippen molar-refractivity contribution in [2.75, 3.05) is 39.5 Å². The zero-order valence-electron chi connectivity index (χ0n) is 12.3. The molecule has 0 aliphatic heterocycles. The number of nitrogens with zero attached hydrogens (tertiary/aromatic N) is 1. The van der Waals surface area contributed by atoms with Gasteiger partial charge in [0.25, 0.3) is 0 Å². The van der Waals surface area contributed by atoms with Crippen molar-refractivity contribution >= 4 is 11.9 Å². The first-order chi connectivity index (χ1) is 8.87. The van der Waals surface area contributed by atoms with Crippen molar-refractivity contribution in [2.24, 2.45) is 5.41 Å². The lowest BCUT2D eigenvalue weighted by atomic mass is 9.92. The second-order valence-corrected chi connectivity index (χ2v) is 4.62. The van der Waals surface area contributed by atoms with Gasteiger partial charge in [-0.25, -0.2) is 0 Å². The fraction of sp³-hybridized carbons (Fsp3) is 0.846. The van der Waals surface area contributed by atoms with Crippen LogP contribution in [-0.2, 0) is 19.1 Å². The smallest absolute Gasteiger partial charge is 0.318 e. The molecule has 1 amide bonds. The monoisotopic (exact) mass is 275 g/mol. The molecule has 1 N–H and O–H groups in total. The summed E-state index contributed by atoms with van der Waals surface area (Å²) >= 11 is 0. The van der Waals surface area contributed by atoms with Crippen LogP contribution in [0.4, 0.5) is 0 Å². The van der Waals surface area contributed by atoms with Crippen molar-refractivity contribution < 1.29 is 24.2 Å². The zero-order valence-corrected chi connectivity index (χ0v) is 12.3. The number of amides is 1. The minimum atomic E-state index is -1.43. The molecule has 112 valence electrons. The molecular weight excluding hydrogens is 250 g/mol. The fourth-order valence-electron chi connectivity index (χ4n) is 1.44. The first-order valence-electron chi connectivity index (χ1n) is 6.56. The van der Waals surface area contributed by atoms with Gasteiger partial charge in [0, 0.05) is 26.3 Å². The highest BCUT2D eigenvalue weighted by Crippen LogP contribution is 2.19. The Morgan fingerprint density at radius 3 is 1.79 bits per heavy atom. The van der Waals surface area contributed by atoms with Crippen molar-refractivity contribution in [3.8, 4) is 0 Å². The largest absolute Gasteiger partial charge is 0.480 e.